The molecule has 0 aliphatic rings. The van der Waals surface area contributed by atoms with Crippen molar-refractivity contribution >= 4 is 5.97 Å². The van der Waals surface area contributed by atoms with Gasteiger partial charge in [-0.15, -0.1) is 0 Å². The Morgan fingerprint density at radius 1 is 1.47 bits per heavy atom. The minimum absolute atomic E-state index is 0.0168. The van der Waals surface area contributed by atoms with Gasteiger partial charge in [-0.05, 0) is 6.42 Å². The third-order valence-corrected chi connectivity index (χ3v) is 2.39. The molecule has 0 aliphatic carbocycles. The van der Waals surface area contributed by atoms with E-state index >= 15 is 0 Å². The van der Waals surface area contributed by atoms with Gasteiger partial charge in [0.2, 0.25) is 0 Å². The first-order chi connectivity index (χ1) is 7.05. The SMILES string of the molecule is CCC(CO)(CO)NC(COC)C(=O)O. The van der Waals surface area contributed by atoms with Crippen molar-refractivity contribution < 1.29 is 24.9 Å². The van der Waals surface area contributed by atoms with Crippen LogP contribution in [-0.2, 0) is 9.53 Å². The number of aliphatic hydroxyl groups excluding tert-OH is 2. The van der Waals surface area contributed by atoms with Crippen molar-refractivity contribution in [3.63, 3.8) is 0 Å². The summed E-state index contributed by atoms with van der Waals surface area (Å²) in [7, 11) is 1.39. The molecule has 0 spiro atoms. The highest BCUT2D eigenvalue weighted by molar-refractivity contribution is 5.73. The molecule has 0 rings (SSSR count). The zero-order valence-corrected chi connectivity index (χ0v) is 9.06. The first kappa shape index (κ1) is 14.3. The second-order valence-corrected chi connectivity index (χ2v) is 3.44. The highest BCUT2D eigenvalue weighted by Gasteiger charge is 2.32. The lowest BCUT2D eigenvalue weighted by Gasteiger charge is -2.32. The van der Waals surface area contributed by atoms with Crippen LogP contribution in [0.2, 0.25) is 0 Å². The Hall–Kier alpha value is -0.690. The lowest BCUT2D eigenvalue weighted by atomic mass is 9.97. The van der Waals surface area contributed by atoms with Crippen molar-refractivity contribution in [2.75, 3.05) is 26.9 Å². The lowest BCUT2D eigenvalue weighted by molar-refractivity contribution is -0.142. The van der Waals surface area contributed by atoms with Crippen LogP contribution in [0.25, 0.3) is 0 Å². The molecule has 0 amide bonds. The summed E-state index contributed by atoms with van der Waals surface area (Å²) >= 11 is 0. The van der Waals surface area contributed by atoms with Gasteiger partial charge in [0.15, 0.2) is 0 Å². The van der Waals surface area contributed by atoms with Crippen LogP contribution < -0.4 is 5.32 Å². The molecule has 90 valence electrons. The number of nitrogens with one attached hydrogen (secondary N) is 1. The van der Waals surface area contributed by atoms with Crippen molar-refractivity contribution in [3.8, 4) is 0 Å². The first-order valence-electron chi connectivity index (χ1n) is 4.76. The van der Waals surface area contributed by atoms with Gasteiger partial charge in [0.05, 0.1) is 25.4 Å². The minimum Gasteiger partial charge on any atom is -0.480 e. The summed E-state index contributed by atoms with van der Waals surface area (Å²) < 4.78 is 4.74. The van der Waals surface area contributed by atoms with E-state index < -0.39 is 17.6 Å². The van der Waals surface area contributed by atoms with Crippen molar-refractivity contribution in [1.82, 2.24) is 5.32 Å². The van der Waals surface area contributed by atoms with Crippen LogP contribution in [0.3, 0.4) is 0 Å². The Morgan fingerprint density at radius 3 is 2.27 bits per heavy atom. The highest BCUT2D eigenvalue weighted by atomic mass is 16.5. The summed E-state index contributed by atoms with van der Waals surface area (Å²) in [6, 6.07) is -0.936. The maximum atomic E-state index is 10.8. The lowest BCUT2D eigenvalue weighted by Crippen LogP contribution is -2.58. The fourth-order valence-electron chi connectivity index (χ4n) is 1.18. The number of carboxylic acid groups (broad SMARTS) is 1. The van der Waals surface area contributed by atoms with Crippen molar-refractivity contribution in [2.24, 2.45) is 0 Å². The number of ether oxygens (including phenoxy) is 1. The topological polar surface area (TPSA) is 99.0 Å². The molecule has 0 fully saturated rings. The normalized spacial score (nSPS) is 13.9. The number of rotatable bonds is 8. The smallest absolute Gasteiger partial charge is 0.323 e. The molecule has 1 unspecified atom stereocenters. The molecule has 0 aromatic rings. The number of aliphatic carboxylic acids is 1. The van der Waals surface area contributed by atoms with Crippen LogP contribution in [0, 0.1) is 0 Å². The number of carbonyl (C=O) groups is 1. The van der Waals surface area contributed by atoms with Crippen LogP contribution in [0.5, 0.6) is 0 Å². The predicted molar refractivity (Wildman–Crippen MR) is 53.6 cm³/mol. The van der Waals surface area contributed by atoms with Gasteiger partial charge in [0.1, 0.15) is 6.04 Å². The predicted octanol–water partition coefficient (Wildman–Crippen LogP) is -1.19. The molecule has 0 aromatic carbocycles. The van der Waals surface area contributed by atoms with Crippen molar-refractivity contribution in [2.45, 2.75) is 24.9 Å². The van der Waals surface area contributed by atoms with E-state index in [-0.39, 0.29) is 19.8 Å². The molecule has 0 saturated carbocycles. The molecule has 0 radical (unpaired) electrons. The van der Waals surface area contributed by atoms with E-state index in [1.54, 1.807) is 6.92 Å². The third kappa shape index (κ3) is 4.13. The van der Waals surface area contributed by atoms with Gasteiger partial charge in [-0.1, -0.05) is 6.92 Å². The Balaban J connectivity index is 4.52. The van der Waals surface area contributed by atoms with Crippen LogP contribution in [0.15, 0.2) is 0 Å². The molecule has 1 atom stereocenters. The van der Waals surface area contributed by atoms with Crippen molar-refractivity contribution in [3.05, 3.63) is 0 Å². The van der Waals surface area contributed by atoms with Gasteiger partial charge >= 0.3 is 5.97 Å². The average Bonchev–Trinajstić information content (AvgIpc) is 2.24. The van der Waals surface area contributed by atoms with Crippen molar-refractivity contribution in [1.29, 1.82) is 0 Å². The quantitative estimate of drug-likeness (QED) is 0.411. The fourth-order valence-corrected chi connectivity index (χ4v) is 1.18. The Labute approximate surface area is 88.9 Å². The molecule has 0 heterocycles. The van der Waals surface area contributed by atoms with Gasteiger partial charge in [-0.2, -0.15) is 0 Å². The number of methoxy groups -OCH3 is 1. The molecular formula is C9H19NO5. The summed E-state index contributed by atoms with van der Waals surface area (Å²) in [5.41, 5.74) is -0.971. The van der Waals surface area contributed by atoms with Gasteiger partial charge in [0, 0.05) is 7.11 Å². The zero-order chi connectivity index (χ0) is 11.9. The van der Waals surface area contributed by atoms with E-state index in [0.29, 0.717) is 6.42 Å². The maximum Gasteiger partial charge on any atom is 0.323 e. The number of hydrogen-bond donors (Lipinski definition) is 4. The van der Waals surface area contributed by atoms with E-state index in [9.17, 15) is 4.79 Å². The highest BCUT2D eigenvalue weighted by Crippen LogP contribution is 2.09. The molecule has 6 nitrogen and oxygen atoms in total. The maximum absolute atomic E-state index is 10.8. The zero-order valence-electron chi connectivity index (χ0n) is 9.06. The van der Waals surface area contributed by atoms with Crippen LogP contribution in [0.1, 0.15) is 13.3 Å². The standard InChI is InChI=1S/C9H19NO5/c1-3-9(5-11,6-12)10-7(4-15-2)8(13)14/h7,10-12H,3-6H2,1-2H3,(H,13,14). The Bertz CT molecular complexity index is 185. The van der Waals surface area contributed by atoms with E-state index in [0.717, 1.165) is 0 Å². The van der Waals surface area contributed by atoms with E-state index in [2.05, 4.69) is 5.32 Å². The summed E-state index contributed by atoms with van der Waals surface area (Å²) in [6.45, 7) is 1.09. The molecule has 0 saturated heterocycles. The summed E-state index contributed by atoms with van der Waals surface area (Å²) in [6.07, 6.45) is 0.424. The molecular weight excluding hydrogens is 202 g/mol. The largest absolute Gasteiger partial charge is 0.480 e. The molecule has 6 heteroatoms. The minimum atomic E-state index is -1.07. The summed E-state index contributed by atoms with van der Waals surface area (Å²) in [5.74, 6) is -1.07. The molecule has 0 bridgehead atoms. The van der Waals surface area contributed by atoms with Crippen LogP contribution in [-0.4, -0.2) is 59.8 Å². The number of hydrogen-bond acceptors (Lipinski definition) is 5. The van der Waals surface area contributed by atoms with Gasteiger partial charge in [0.25, 0.3) is 0 Å². The van der Waals surface area contributed by atoms with E-state index in [1.807, 2.05) is 0 Å². The monoisotopic (exact) mass is 221 g/mol. The number of aliphatic hydroxyl groups is 2. The fraction of sp³-hybridized carbons (Fsp3) is 0.889. The Morgan fingerprint density at radius 2 is 2.00 bits per heavy atom. The molecule has 0 aliphatic heterocycles. The van der Waals surface area contributed by atoms with Gasteiger partial charge in [-0.25, -0.2) is 0 Å². The van der Waals surface area contributed by atoms with E-state index in [4.69, 9.17) is 20.1 Å². The molecule has 15 heavy (non-hydrogen) atoms. The third-order valence-electron chi connectivity index (χ3n) is 2.39. The summed E-state index contributed by atoms with van der Waals surface area (Å²) in [5, 5.41) is 29.8. The molecule has 0 aromatic heterocycles. The number of carboxylic acids is 1. The summed E-state index contributed by atoms with van der Waals surface area (Å²) in [4.78, 5) is 10.8. The second-order valence-electron chi connectivity index (χ2n) is 3.44. The van der Waals surface area contributed by atoms with Gasteiger partial charge < -0.3 is 20.1 Å². The first-order valence-corrected chi connectivity index (χ1v) is 4.76. The van der Waals surface area contributed by atoms with Crippen LogP contribution in [0.4, 0.5) is 0 Å². The van der Waals surface area contributed by atoms with E-state index in [1.165, 1.54) is 7.11 Å². The second kappa shape index (κ2) is 6.73. The molecule has 4 N–H and O–H groups in total. The van der Waals surface area contributed by atoms with Crippen LogP contribution >= 0.6 is 0 Å². The Kier molecular flexibility index (Phi) is 6.42. The van der Waals surface area contributed by atoms with Gasteiger partial charge in [-0.3, -0.25) is 10.1 Å². The average molecular weight is 221 g/mol.